The maximum absolute atomic E-state index is 12.4. The standard InChI is InChI=1S/C19H19N3O4S3/c1-22(2)29(24,25)16-10-4-13(5-11-16)18(23)21-19-20-12-17(28-19)27-15-8-6-14(26-3)7-9-15/h4-12H,1-3H3,(H,20,21,23). The van der Waals surface area contributed by atoms with Gasteiger partial charge in [-0.25, -0.2) is 17.7 Å². The predicted molar refractivity (Wildman–Crippen MR) is 114 cm³/mol. The molecule has 1 amide bonds. The van der Waals surface area contributed by atoms with E-state index in [9.17, 15) is 13.2 Å². The molecule has 0 unspecified atom stereocenters. The molecule has 1 aromatic heterocycles. The molecular weight excluding hydrogens is 430 g/mol. The molecule has 29 heavy (non-hydrogen) atoms. The molecule has 2 aromatic carbocycles. The topological polar surface area (TPSA) is 88.6 Å². The Balaban J connectivity index is 1.65. The van der Waals surface area contributed by atoms with E-state index in [2.05, 4.69) is 10.3 Å². The van der Waals surface area contributed by atoms with E-state index in [4.69, 9.17) is 4.74 Å². The van der Waals surface area contributed by atoms with Gasteiger partial charge in [0.1, 0.15) is 5.75 Å². The van der Waals surface area contributed by atoms with Gasteiger partial charge in [0.05, 0.1) is 22.4 Å². The van der Waals surface area contributed by atoms with Crippen LogP contribution in [0.15, 0.2) is 68.7 Å². The van der Waals surface area contributed by atoms with Crippen molar-refractivity contribution >= 4 is 44.2 Å². The second kappa shape index (κ2) is 8.95. The normalized spacial score (nSPS) is 11.4. The van der Waals surface area contributed by atoms with Gasteiger partial charge < -0.3 is 4.74 Å². The summed E-state index contributed by atoms with van der Waals surface area (Å²) >= 11 is 2.89. The Morgan fingerprint density at radius 2 is 1.76 bits per heavy atom. The summed E-state index contributed by atoms with van der Waals surface area (Å²) in [4.78, 5) is 17.8. The number of sulfonamides is 1. The molecule has 3 aromatic rings. The molecule has 1 heterocycles. The summed E-state index contributed by atoms with van der Waals surface area (Å²) in [5, 5.41) is 3.21. The molecule has 152 valence electrons. The van der Waals surface area contributed by atoms with Crippen molar-refractivity contribution in [1.29, 1.82) is 0 Å². The third-order valence-corrected chi connectivity index (χ3v) is 7.73. The van der Waals surface area contributed by atoms with E-state index in [1.807, 2.05) is 24.3 Å². The molecule has 0 spiro atoms. The fourth-order valence-electron chi connectivity index (χ4n) is 2.28. The molecule has 7 nitrogen and oxygen atoms in total. The molecule has 0 radical (unpaired) electrons. The van der Waals surface area contributed by atoms with Crippen molar-refractivity contribution in [3.8, 4) is 5.75 Å². The minimum absolute atomic E-state index is 0.131. The average molecular weight is 450 g/mol. The van der Waals surface area contributed by atoms with Gasteiger partial charge in [-0.05, 0) is 48.5 Å². The number of benzene rings is 2. The van der Waals surface area contributed by atoms with E-state index < -0.39 is 10.0 Å². The molecule has 1 N–H and O–H groups in total. The maximum atomic E-state index is 12.4. The first kappa shape index (κ1) is 21.3. The van der Waals surface area contributed by atoms with Crippen LogP contribution < -0.4 is 10.1 Å². The van der Waals surface area contributed by atoms with Crippen molar-refractivity contribution in [2.45, 2.75) is 14.0 Å². The number of thiazole rings is 1. The number of anilines is 1. The molecule has 0 aliphatic heterocycles. The Bertz CT molecular complexity index is 1090. The number of methoxy groups -OCH3 is 1. The second-order valence-corrected chi connectivity index (χ2v) is 10.6. The Morgan fingerprint density at radius 1 is 1.10 bits per heavy atom. The third kappa shape index (κ3) is 5.15. The lowest BCUT2D eigenvalue weighted by Gasteiger charge is -2.11. The lowest BCUT2D eigenvalue weighted by molar-refractivity contribution is 0.102. The van der Waals surface area contributed by atoms with Gasteiger partial charge in [-0.15, -0.1) is 0 Å². The van der Waals surface area contributed by atoms with Crippen molar-refractivity contribution in [2.24, 2.45) is 0 Å². The maximum Gasteiger partial charge on any atom is 0.257 e. The van der Waals surface area contributed by atoms with Gasteiger partial charge >= 0.3 is 0 Å². The van der Waals surface area contributed by atoms with Crippen LogP contribution in [0, 0.1) is 0 Å². The van der Waals surface area contributed by atoms with Crippen molar-refractivity contribution in [3.05, 3.63) is 60.3 Å². The molecular formula is C19H19N3O4S3. The number of rotatable bonds is 7. The van der Waals surface area contributed by atoms with Crippen LogP contribution in [0.1, 0.15) is 10.4 Å². The first-order valence-corrected chi connectivity index (χ1v) is 11.5. The summed E-state index contributed by atoms with van der Waals surface area (Å²) in [6, 6.07) is 13.4. The smallest absolute Gasteiger partial charge is 0.257 e. The number of amides is 1. The van der Waals surface area contributed by atoms with Gasteiger partial charge in [0, 0.05) is 24.6 Å². The average Bonchev–Trinajstić information content (AvgIpc) is 3.15. The van der Waals surface area contributed by atoms with Crippen LogP contribution in [-0.4, -0.2) is 44.8 Å². The molecule has 0 fully saturated rings. The van der Waals surface area contributed by atoms with Crippen LogP contribution in [0.5, 0.6) is 5.75 Å². The van der Waals surface area contributed by atoms with Crippen LogP contribution in [0.4, 0.5) is 5.13 Å². The van der Waals surface area contributed by atoms with Crippen LogP contribution in [0.3, 0.4) is 0 Å². The van der Waals surface area contributed by atoms with Gasteiger partial charge in [-0.3, -0.25) is 10.1 Å². The fourth-order valence-corrected chi connectivity index (χ4v) is 5.03. The van der Waals surface area contributed by atoms with Crippen LogP contribution in [-0.2, 0) is 10.0 Å². The zero-order valence-electron chi connectivity index (χ0n) is 15.9. The number of hydrogen-bond acceptors (Lipinski definition) is 7. The van der Waals surface area contributed by atoms with Gasteiger partial charge in [0.15, 0.2) is 5.13 Å². The summed E-state index contributed by atoms with van der Waals surface area (Å²) in [6.45, 7) is 0. The monoisotopic (exact) mass is 449 g/mol. The van der Waals surface area contributed by atoms with Gasteiger partial charge in [-0.2, -0.15) is 0 Å². The highest BCUT2D eigenvalue weighted by molar-refractivity contribution is 8.01. The molecule has 10 heteroatoms. The van der Waals surface area contributed by atoms with E-state index in [1.165, 1.54) is 61.5 Å². The van der Waals surface area contributed by atoms with Crippen LogP contribution in [0.2, 0.25) is 0 Å². The number of nitrogens with zero attached hydrogens (tertiary/aromatic N) is 2. The summed E-state index contributed by atoms with van der Waals surface area (Å²) in [5.41, 5.74) is 0.349. The van der Waals surface area contributed by atoms with E-state index in [0.717, 1.165) is 19.2 Å². The lowest BCUT2D eigenvalue weighted by atomic mass is 10.2. The number of aromatic nitrogens is 1. The summed E-state index contributed by atoms with van der Waals surface area (Å²) in [6.07, 6.45) is 1.70. The molecule has 0 atom stereocenters. The fraction of sp³-hybridized carbons (Fsp3) is 0.158. The Kier molecular flexibility index (Phi) is 6.58. The molecule has 0 saturated carbocycles. The number of hydrogen-bond donors (Lipinski definition) is 1. The van der Waals surface area contributed by atoms with Crippen molar-refractivity contribution in [3.63, 3.8) is 0 Å². The molecule has 3 rings (SSSR count). The number of ether oxygens (including phenoxy) is 1. The summed E-state index contributed by atoms with van der Waals surface area (Å²) in [7, 11) is 1.01. The summed E-state index contributed by atoms with van der Waals surface area (Å²) < 4.78 is 31.4. The summed E-state index contributed by atoms with van der Waals surface area (Å²) in [5.74, 6) is 0.435. The van der Waals surface area contributed by atoms with Crippen molar-refractivity contribution < 1.29 is 17.9 Å². The van der Waals surface area contributed by atoms with E-state index >= 15 is 0 Å². The van der Waals surface area contributed by atoms with E-state index in [-0.39, 0.29) is 10.8 Å². The van der Waals surface area contributed by atoms with Crippen molar-refractivity contribution in [1.82, 2.24) is 9.29 Å². The largest absolute Gasteiger partial charge is 0.497 e. The Labute approximate surface area is 177 Å². The molecule has 0 saturated heterocycles. The van der Waals surface area contributed by atoms with Crippen LogP contribution >= 0.6 is 23.1 Å². The SMILES string of the molecule is COc1ccc(Sc2cnc(NC(=O)c3ccc(S(=O)(=O)N(C)C)cc3)s2)cc1. The van der Waals surface area contributed by atoms with Gasteiger partial charge in [0.25, 0.3) is 5.91 Å². The zero-order chi connectivity index (χ0) is 21.0. The second-order valence-electron chi connectivity index (χ2n) is 6.03. The van der Waals surface area contributed by atoms with E-state index in [0.29, 0.717) is 10.7 Å². The minimum Gasteiger partial charge on any atom is -0.497 e. The number of carbonyl (C=O) groups excluding carboxylic acids is 1. The quantitative estimate of drug-likeness (QED) is 0.590. The number of carbonyl (C=O) groups is 1. The minimum atomic E-state index is -3.53. The Morgan fingerprint density at radius 3 is 2.34 bits per heavy atom. The highest BCUT2D eigenvalue weighted by Gasteiger charge is 2.18. The van der Waals surface area contributed by atoms with E-state index in [1.54, 1.807) is 13.3 Å². The highest BCUT2D eigenvalue weighted by atomic mass is 32.2. The zero-order valence-corrected chi connectivity index (χ0v) is 18.4. The molecule has 0 aliphatic carbocycles. The predicted octanol–water partition coefficient (Wildman–Crippen LogP) is 3.81. The lowest BCUT2D eigenvalue weighted by Crippen LogP contribution is -2.22. The third-order valence-electron chi connectivity index (χ3n) is 3.88. The van der Waals surface area contributed by atoms with Crippen molar-refractivity contribution in [2.75, 3.05) is 26.5 Å². The highest BCUT2D eigenvalue weighted by Crippen LogP contribution is 2.34. The van der Waals surface area contributed by atoms with Crippen LogP contribution in [0.25, 0.3) is 0 Å². The number of nitrogens with one attached hydrogen (secondary N) is 1. The first-order valence-electron chi connectivity index (χ1n) is 8.41. The van der Waals surface area contributed by atoms with Gasteiger partial charge in [0.2, 0.25) is 10.0 Å². The van der Waals surface area contributed by atoms with Gasteiger partial charge in [-0.1, -0.05) is 23.1 Å². The first-order chi connectivity index (χ1) is 13.8. The molecule has 0 aliphatic rings. The Hall–Kier alpha value is -2.40. The molecule has 0 bridgehead atoms.